The molecular weight excluding hydrogens is 234 g/mol. The molecule has 4 nitrogen and oxygen atoms in total. The smallest absolute Gasteiger partial charge is 0.237 e. The third kappa shape index (κ3) is 3.52. The van der Waals surface area contributed by atoms with Crippen molar-refractivity contribution < 1.29 is 4.79 Å². The van der Waals surface area contributed by atoms with E-state index in [1.165, 1.54) is 17.7 Å². The predicted octanol–water partition coefficient (Wildman–Crippen LogP) is 1.34. The van der Waals surface area contributed by atoms with Crippen LogP contribution in [0.4, 0.5) is 0 Å². The molecule has 3 N–H and O–H groups in total. The van der Waals surface area contributed by atoms with Crippen LogP contribution in [0, 0.1) is 5.92 Å². The van der Waals surface area contributed by atoms with Gasteiger partial charge in [0.05, 0.1) is 0 Å². The van der Waals surface area contributed by atoms with Gasteiger partial charge in [0.25, 0.3) is 0 Å². The van der Waals surface area contributed by atoms with Crippen LogP contribution in [0.15, 0.2) is 17.5 Å². The number of nitrogens with zero attached hydrogens (tertiary/aromatic N) is 1. The highest BCUT2D eigenvalue weighted by molar-refractivity contribution is 7.09. The number of amides is 1. The maximum atomic E-state index is 11.4. The van der Waals surface area contributed by atoms with Gasteiger partial charge in [0.1, 0.15) is 0 Å². The fourth-order valence-electron chi connectivity index (χ4n) is 1.96. The zero-order chi connectivity index (χ0) is 12.3. The lowest BCUT2D eigenvalue weighted by Gasteiger charge is -2.24. The second-order valence-corrected chi connectivity index (χ2v) is 5.68. The Labute approximate surface area is 106 Å². The van der Waals surface area contributed by atoms with E-state index < -0.39 is 0 Å². The van der Waals surface area contributed by atoms with Crippen LogP contribution >= 0.6 is 11.3 Å². The van der Waals surface area contributed by atoms with E-state index in [-0.39, 0.29) is 11.8 Å². The Bertz CT molecular complexity index is 362. The molecule has 0 spiro atoms. The quantitative estimate of drug-likeness (QED) is 0.457. The number of hydrogen-bond donors (Lipinski definition) is 2. The number of carbonyl (C=O) groups excluding carboxylic acids is 1. The molecule has 1 fully saturated rings. The maximum absolute atomic E-state index is 11.4. The fourth-order valence-corrected chi connectivity index (χ4v) is 2.69. The molecule has 1 heterocycles. The molecule has 1 atom stereocenters. The third-order valence-corrected chi connectivity index (χ3v) is 3.96. The Morgan fingerprint density at radius 2 is 2.47 bits per heavy atom. The van der Waals surface area contributed by atoms with Crippen molar-refractivity contribution in [2.45, 2.75) is 32.4 Å². The zero-order valence-electron chi connectivity index (χ0n) is 10.1. The molecule has 1 saturated carbocycles. The first kappa shape index (κ1) is 12.5. The van der Waals surface area contributed by atoms with E-state index in [9.17, 15) is 4.79 Å². The van der Waals surface area contributed by atoms with Crippen molar-refractivity contribution in [2.24, 2.45) is 11.8 Å². The van der Waals surface area contributed by atoms with Gasteiger partial charge in [-0.25, -0.2) is 5.84 Å². The largest absolute Gasteiger partial charge is 0.295 e. The molecule has 1 amide bonds. The van der Waals surface area contributed by atoms with Crippen LogP contribution in [0.3, 0.4) is 0 Å². The molecule has 1 aromatic rings. The first-order valence-corrected chi connectivity index (χ1v) is 6.85. The van der Waals surface area contributed by atoms with E-state index in [0.29, 0.717) is 6.04 Å². The molecule has 17 heavy (non-hydrogen) atoms. The van der Waals surface area contributed by atoms with Gasteiger partial charge in [-0.15, -0.1) is 11.3 Å². The lowest BCUT2D eigenvalue weighted by atomic mass is 10.1. The summed E-state index contributed by atoms with van der Waals surface area (Å²) in [4.78, 5) is 15.2. The minimum absolute atomic E-state index is 0.0550. The Morgan fingerprint density at radius 3 is 3.00 bits per heavy atom. The van der Waals surface area contributed by atoms with Gasteiger partial charge >= 0.3 is 0 Å². The zero-order valence-corrected chi connectivity index (χ0v) is 10.9. The van der Waals surface area contributed by atoms with E-state index >= 15 is 0 Å². The molecule has 0 radical (unpaired) electrons. The van der Waals surface area contributed by atoms with E-state index in [0.717, 1.165) is 13.1 Å². The number of carbonyl (C=O) groups is 1. The van der Waals surface area contributed by atoms with E-state index in [1.807, 2.05) is 6.92 Å². The van der Waals surface area contributed by atoms with Crippen LogP contribution < -0.4 is 11.3 Å². The van der Waals surface area contributed by atoms with E-state index in [2.05, 4.69) is 27.8 Å². The summed E-state index contributed by atoms with van der Waals surface area (Å²) in [5, 5.41) is 2.09. The summed E-state index contributed by atoms with van der Waals surface area (Å²) in [7, 11) is 0. The van der Waals surface area contributed by atoms with E-state index in [4.69, 9.17) is 5.84 Å². The second kappa shape index (κ2) is 5.62. The minimum atomic E-state index is -0.0816. The summed E-state index contributed by atoms with van der Waals surface area (Å²) < 4.78 is 0. The Hall–Kier alpha value is -0.910. The van der Waals surface area contributed by atoms with Gasteiger partial charge in [0.15, 0.2) is 0 Å². The van der Waals surface area contributed by atoms with Crippen molar-refractivity contribution in [1.29, 1.82) is 0 Å². The van der Waals surface area contributed by atoms with Gasteiger partial charge in [0.2, 0.25) is 5.91 Å². The van der Waals surface area contributed by atoms with Crippen molar-refractivity contribution >= 4 is 17.2 Å². The molecule has 0 saturated heterocycles. The fraction of sp³-hybridized carbons (Fsp3) is 0.583. The lowest BCUT2D eigenvalue weighted by molar-refractivity contribution is -0.125. The predicted molar refractivity (Wildman–Crippen MR) is 69.2 cm³/mol. The van der Waals surface area contributed by atoms with Crippen LogP contribution in [0.25, 0.3) is 0 Å². The van der Waals surface area contributed by atoms with Crippen LogP contribution in [-0.2, 0) is 11.3 Å². The number of nitrogens with two attached hydrogens (primary N) is 1. The lowest BCUT2D eigenvalue weighted by Crippen LogP contribution is -2.40. The van der Waals surface area contributed by atoms with Crippen molar-refractivity contribution in [1.82, 2.24) is 10.3 Å². The van der Waals surface area contributed by atoms with Crippen molar-refractivity contribution in [2.75, 3.05) is 6.54 Å². The average Bonchev–Trinajstić information content (AvgIpc) is 3.06. The summed E-state index contributed by atoms with van der Waals surface area (Å²) >= 11 is 1.77. The number of rotatable bonds is 6. The summed E-state index contributed by atoms with van der Waals surface area (Å²) in [5.41, 5.74) is 2.23. The first-order chi connectivity index (χ1) is 8.20. The Balaban J connectivity index is 1.91. The third-order valence-electron chi connectivity index (χ3n) is 3.10. The molecule has 1 aliphatic rings. The molecule has 1 aliphatic carbocycles. The molecule has 94 valence electrons. The highest BCUT2D eigenvalue weighted by atomic mass is 32.1. The monoisotopic (exact) mass is 253 g/mol. The van der Waals surface area contributed by atoms with Crippen LogP contribution in [0.1, 0.15) is 24.6 Å². The molecule has 2 rings (SSSR count). The SMILES string of the molecule is CC(CN(Cc1cccs1)C1CC1)C(=O)NN. The molecule has 0 aromatic carbocycles. The van der Waals surface area contributed by atoms with Crippen molar-refractivity contribution in [3.05, 3.63) is 22.4 Å². The summed E-state index contributed by atoms with van der Waals surface area (Å²) in [6.45, 7) is 3.65. The van der Waals surface area contributed by atoms with Crippen LogP contribution in [0.2, 0.25) is 0 Å². The summed E-state index contributed by atoms with van der Waals surface area (Å²) in [6, 6.07) is 4.87. The number of hydrazine groups is 1. The molecule has 1 aromatic heterocycles. The molecule has 5 heteroatoms. The molecular formula is C12H19N3OS. The second-order valence-electron chi connectivity index (χ2n) is 4.65. The van der Waals surface area contributed by atoms with Gasteiger partial charge in [-0.3, -0.25) is 15.1 Å². The topological polar surface area (TPSA) is 58.4 Å². The van der Waals surface area contributed by atoms with Gasteiger partial charge < -0.3 is 0 Å². The van der Waals surface area contributed by atoms with Gasteiger partial charge in [-0.05, 0) is 24.3 Å². The van der Waals surface area contributed by atoms with Gasteiger partial charge in [-0.1, -0.05) is 13.0 Å². The van der Waals surface area contributed by atoms with Crippen molar-refractivity contribution in [3.63, 3.8) is 0 Å². The first-order valence-electron chi connectivity index (χ1n) is 5.97. The maximum Gasteiger partial charge on any atom is 0.237 e. The molecule has 0 bridgehead atoms. The Kier molecular flexibility index (Phi) is 4.15. The molecule has 1 unspecified atom stereocenters. The van der Waals surface area contributed by atoms with Gasteiger partial charge in [-0.2, -0.15) is 0 Å². The van der Waals surface area contributed by atoms with Crippen LogP contribution in [-0.4, -0.2) is 23.4 Å². The number of hydrogen-bond acceptors (Lipinski definition) is 4. The molecule has 0 aliphatic heterocycles. The number of nitrogens with one attached hydrogen (secondary N) is 1. The summed E-state index contributed by atoms with van der Waals surface area (Å²) in [5.74, 6) is 5.02. The van der Waals surface area contributed by atoms with Crippen molar-refractivity contribution in [3.8, 4) is 0 Å². The normalized spacial score (nSPS) is 17.1. The van der Waals surface area contributed by atoms with Crippen LogP contribution in [0.5, 0.6) is 0 Å². The average molecular weight is 253 g/mol. The highest BCUT2D eigenvalue weighted by Gasteiger charge is 2.31. The minimum Gasteiger partial charge on any atom is -0.295 e. The standard InChI is InChI=1S/C12H19N3OS/c1-9(12(16)14-13)7-15(10-4-5-10)8-11-3-2-6-17-11/h2-3,6,9-10H,4-5,7-8,13H2,1H3,(H,14,16). The van der Waals surface area contributed by atoms with E-state index in [1.54, 1.807) is 11.3 Å². The summed E-state index contributed by atoms with van der Waals surface area (Å²) in [6.07, 6.45) is 2.50. The van der Waals surface area contributed by atoms with Gasteiger partial charge in [0, 0.05) is 29.9 Å². The highest BCUT2D eigenvalue weighted by Crippen LogP contribution is 2.29. The Morgan fingerprint density at radius 1 is 1.71 bits per heavy atom. The number of thiophene rings is 1.